The number of quaternary nitrogens is 1. The van der Waals surface area contributed by atoms with E-state index in [-0.39, 0.29) is 28.8 Å². The van der Waals surface area contributed by atoms with Crippen molar-refractivity contribution in [2.75, 3.05) is 20.3 Å². The van der Waals surface area contributed by atoms with Crippen LogP contribution in [0.15, 0.2) is 85.0 Å². The number of carbonyl (C=O) groups excluding carboxylic acids is 3. The third-order valence-electron chi connectivity index (χ3n) is 6.08. The topological polar surface area (TPSA) is 119 Å². The fourth-order valence-electron chi connectivity index (χ4n) is 4.05. The summed E-state index contributed by atoms with van der Waals surface area (Å²) in [5.41, 5.74) is 2.25. The van der Waals surface area contributed by atoms with E-state index in [0.29, 0.717) is 13.1 Å². The second kappa shape index (κ2) is 14.6. The summed E-state index contributed by atoms with van der Waals surface area (Å²) in [6.07, 6.45) is -0.478. The number of ether oxygens (including phenoxy) is 2. The van der Waals surface area contributed by atoms with E-state index in [1.807, 2.05) is 67.7 Å². The van der Waals surface area contributed by atoms with E-state index in [0.717, 1.165) is 11.1 Å². The normalized spacial score (nSPS) is 12.5. The Bertz CT molecular complexity index is 1140. The number of carbonyl (C=O) groups is 4. The molecule has 9 heteroatoms. The van der Waals surface area contributed by atoms with Gasteiger partial charge in [0.15, 0.2) is 6.61 Å². The van der Waals surface area contributed by atoms with E-state index in [2.05, 4.69) is 18.5 Å². The molecule has 0 saturated heterocycles. The fraction of sp³-hybridized carbons (Fsp3) is 0.333. The Balaban J connectivity index is 2.45. The second-order valence-electron chi connectivity index (χ2n) is 9.84. The van der Waals surface area contributed by atoms with E-state index in [9.17, 15) is 24.3 Å². The molecular weight excluding hydrogens is 500 g/mol. The number of amides is 1. The predicted molar refractivity (Wildman–Crippen MR) is 146 cm³/mol. The molecule has 0 fully saturated rings. The monoisotopic (exact) mass is 537 g/mol. The third-order valence-corrected chi connectivity index (χ3v) is 6.08. The van der Waals surface area contributed by atoms with Crippen molar-refractivity contribution < 1.29 is 38.2 Å². The molecule has 0 aliphatic heterocycles. The van der Waals surface area contributed by atoms with Gasteiger partial charge in [-0.25, -0.2) is 9.59 Å². The average Bonchev–Trinajstić information content (AvgIpc) is 2.87. The minimum Gasteiger partial charge on any atom is -0.481 e. The zero-order chi connectivity index (χ0) is 29.0. The first kappa shape index (κ1) is 31.0. The summed E-state index contributed by atoms with van der Waals surface area (Å²) in [5, 5.41) is 12.1. The first-order valence-corrected chi connectivity index (χ1v) is 12.5. The molecule has 0 spiro atoms. The summed E-state index contributed by atoms with van der Waals surface area (Å²) < 4.78 is 10.7. The number of carboxylic acids is 1. The van der Waals surface area contributed by atoms with Gasteiger partial charge in [0.05, 0.1) is 19.5 Å². The summed E-state index contributed by atoms with van der Waals surface area (Å²) in [6.45, 7) is 10.3. The van der Waals surface area contributed by atoms with E-state index in [1.54, 1.807) is 0 Å². The van der Waals surface area contributed by atoms with Gasteiger partial charge in [0.1, 0.15) is 19.7 Å². The van der Waals surface area contributed by atoms with Gasteiger partial charge in [-0.1, -0.05) is 73.8 Å². The van der Waals surface area contributed by atoms with Crippen molar-refractivity contribution in [2.24, 2.45) is 0 Å². The fourth-order valence-corrected chi connectivity index (χ4v) is 4.05. The number of nitrogens with zero attached hydrogens (tertiary/aromatic N) is 1. The maximum absolute atomic E-state index is 13.8. The number of esters is 2. The standard InChI is InChI=1S/C30H36N2O7/c1-21(2)29(36)38-19-25(16-27(33)34)31-28(35)26(20-39-30(37)22(3)4)32(5,17-23-12-8-6-9-13-23)18-24-14-10-7-11-15-24/h6-15,25-26H,1,3,16-20H2,2,4-5H3,(H-,31,33,34,35)/p+1/t25-,26-/m0/s1. The molecule has 0 aliphatic carbocycles. The minimum absolute atomic E-state index is 0.106. The van der Waals surface area contributed by atoms with Crippen molar-refractivity contribution in [3.8, 4) is 0 Å². The number of hydrogen-bond donors (Lipinski definition) is 2. The first-order valence-electron chi connectivity index (χ1n) is 12.5. The lowest BCUT2D eigenvalue weighted by molar-refractivity contribution is -0.950. The molecule has 0 aliphatic rings. The van der Waals surface area contributed by atoms with Gasteiger partial charge in [-0.3, -0.25) is 9.59 Å². The Hall–Kier alpha value is -4.24. The van der Waals surface area contributed by atoms with E-state index < -0.39 is 42.3 Å². The molecule has 2 N–H and O–H groups in total. The maximum Gasteiger partial charge on any atom is 0.333 e. The number of aliphatic carboxylic acids is 1. The SMILES string of the molecule is C=C(C)C(=O)OC[C@H](CC(=O)O)NC(=O)[C@H](COC(=O)C(=C)C)[N+](C)(Cc1ccccc1)Cc1ccccc1. The molecule has 9 nitrogen and oxygen atoms in total. The van der Waals surface area contributed by atoms with Crippen LogP contribution in [-0.2, 0) is 41.7 Å². The van der Waals surface area contributed by atoms with Crippen LogP contribution in [-0.4, -0.2) is 65.7 Å². The first-order chi connectivity index (χ1) is 18.4. The molecule has 0 unspecified atom stereocenters. The van der Waals surface area contributed by atoms with E-state index >= 15 is 0 Å². The molecule has 1 amide bonds. The van der Waals surface area contributed by atoms with Crippen LogP contribution in [0.25, 0.3) is 0 Å². The molecule has 0 saturated carbocycles. The van der Waals surface area contributed by atoms with Crippen LogP contribution in [0.2, 0.25) is 0 Å². The van der Waals surface area contributed by atoms with Gasteiger partial charge in [0, 0.05) is 22.3 Å². The van der Waals surface area contributed by atoms with Gasteiger partial charge < -0.3 is 24.4 Å². The van der Waals surface area contributed by atoms with Gasteiger partial charge >= 0.3 is 17.9 Å². The number of nitrogens with one attached hydrogen (secondary N) is 1. The highest BCUT2D eigenvalue weighted by Gasteiger charge is 2.41. The minimum atomic E-state index is -1.18. The average molecular weight is 538 g/mol. The van der Waals surface area contributed by atoms with Crippen LogP contribution in [0, 0.1) is 0 Å². The van der Waals surface area contributed by atoms with Gasteiger partial charge in [-0.2, -0.15) is 0 Å². The summed E-state index contributed by atoms with van der Waals surface area (Å²) in [6, 6.07) is 17.2. The Morgan fingerprint density at radius 2 is 1.26 bits per heavy atom. The molecule has 0 bridgehead atoms. The van der Waals surface area contributed by atoms with Crippen LogP contribution in [0.1, 0.15) is 31.4 Å². The lowest BCUT2D eigenvalue weighted by atomic mass is 10.1. The molecule has 0 aromatic heterocycles. The molecule has 0 radical (unpaired) electrons. The summed E-state index contributed by atoms with van der Waals surface area (Å²) in [7, 11) is 1.88. The molecular formula is C30H37N2O7+. The van der Waals surface area contributed by atoms with Gasteiger partial charge in [-0.05, 0) is 13.8 Å². The Kier molecular flexibility index (Phi) is 11.6. The number of benzene rings is 2. The second-order valence-corrected chi connectivity index (χ2v) is 9.84. The van der Waals surface area contributed by atoms with Crippen molar-refractivity contribution in [3.05, 3.63) is 96.1 Å². The molecule has 2 atom stereocenters. The van der Waals surface area contributed by atoms with Crippen LogP contribution < -0.4 is 5.32 Å². The molecule has 2 aromatic carbocycles. The molecule has 2 rings (SSSR count). The largest absolute Gasteiger partial charge is 0.481 e. The summed E-state index contributed by atoms with van der Waals surface area (Å²) >= 11 is 0. The smallest absolute Gasteiger partial charge is 0.333 e. The number of hydrogen-bond acceptors (Lipinski definition) is 6. The quantitative estimate of drug-likeness (QED) is 0.203. The zero-order valence-corrected chi connectivity index (χ0v) is 22.7. The van der Waals surface area contributed by atoms with Gasteiger partial charge in [0.25, 0.3) is 5.91 Å². The van der Waals surface area contributed by atoms with Crippen LogP contribution >= 0.6 is 0 Å². The Morgan fingerprint density at radius 3 is 1.67 bits per heavy atom. The maximum atomic E-state index is 13.8. The Labute approximate surface area is 229 Å². The predicted octanol–water partition coefficient (Wildman–Crippen LogP) is 3.40. The number of likely N-dealkylation sites (N-methyl/N-ethyl adjacent to an activating group) is 1. The number of rotatable bonds is 15. The molecule has 0 heterocycles. The highest BCUT2D eigenvalue weighted by molar-refractivity contribution is 5.88. The van der Waals surface area contributed by atoms with Crippen LogP contribution in [0.5, 0.6) is 0 Å². The third kappa shape index (κ3) is 10.2. The highest BCUT2D eigenvalue weighted by Crippen LogP contribution is 2.23. The van der Waals surface area contributed by atoms with E-state index in [1.165, 1.54) is 13.8 Å². The van der Waals surface area contributed by atoms with Crippen LogP contribution in [0.3, 0.4) is 0 Å². The van der Waals surface area contributed by atoms with Crippen molar-refractivity contribution in [3.63, 3.8) is 0 Å². The molecule has 39 heavy (non-hydrogen) atoms. The highest BCUT2D eigenvalue weighted by atomic mass is 16.5. The van der Waals surface area contributed by atoms with Gasteiger partial charge in [-0.15, -0.1) is 0 Å². The van der Waals surface area contributed by atoms with Crippen molar-refractivity contribution in [1.82, 2.24) is 5.32 Å². The van der Waals surface area contributed by atoms with Crippen molar-refractivity contribution in [2.45, 2.75) is 45.4 Å². The van der Waals surface area contributed by atoms with Crippen LogP contribution in [0.4, 0.5) is 0 Å². The molecule has 208 valence electrons. The lowest BCUT2D eigenvalue weighted by Gasteiger charge is -2.41. The van der Waals surface area contributed by atoms with Crippen molar-refractivity contribution >= 4 is 23.8 Å². The van der Waals surface area contributed by atoms with Crippen molar-refractivity contribution in [1.29, 1.82) is 0 Å². The lowest BCUT2D eigenvalue weighted by Crippen LogP contribution is -2.61. The van der Waals surface area contributed by atoms with Gasteiger partial charge in [0.2, 0.25) is 6.04 Å². The molecule has 2 aromatic rings. The van der Waals surface area contributed by atoms with E-state index in [4.69, 9.17) is 9.47 Å². The summed E-state index contributed by atoms with van der Waals surface area (Å²) in [4.78, 5) is 49.6. The summed E-state index contributed by atoms with van der Waals surface area (Å²) in [5.74, 6) is -3.06. The number of carboxylic acid groups (broad SMARTS) is 1. The Morgan fingerprint density at radius 1 is 0.821 bits per heavy atom. The zero-order valence-electron chi connectivity index (χ0n) is 22.7.